The predicted octanol–water partition coefficient (Wildman–Crippen LogP) is 7.45. The van der Waals surface area contributed by atoms with E-state index in [1.54, 1.807) is 0 Å². The Hall–Kier alpha value is -1.24. The molecule has 3 rings (SSSR count). The largest absolute Gasteiger partial charge is 0.487 e. The van der Waals surface area contributed by atoms with Crippen LogP contribution < -0.4 is 4.74 Å². The maximum Gasteiger partial charge on any atom is 0.123 e. The maximum atomic E-state index is 6.51. The molecule has 1 aliphatic heterocycles. The number of rotatable bonds is 5. The van der Waals surface area contributed by atoms with Crippen molar-refractivity contribution >= 4 is 0 Å². The van der Waals surface area contributed by atoms with Crippen molar-refractivity contribution in [2.75, 3.05) is 0 Å². The third-order valence-corrected chi connectivity index (χ3v) is 6.38. The molecule has 26 heavy (non-hydrogen) atoms. The molecule has 1 aliphatic carbocycles. The van der Waals surface area contributed by atoms with Gasteiger partial charge in [0.25, 0.3) is 0 Å². The normalized spacial score (nSPS) is 24.3. The summed E-state index contributed by atoms with van der Waals surface area (Å²) in [6, 6.07) is 7.06. The monoisotopic (exact) mass is 354 g/mol. The van der Waals surface area contributed by atoms with Crippen LogP contribution in [-0.2, 0) is 6.42 Å². The Labute approximate surface area is 161 Å². The first-order chi connectivity index (χ1) is 12.2. The minimum atomic E-state index is -0.0692. The maximum absolute atomic E-state index is 6.51. The van der Waals surface area contributed by atoms with E-state index in [-0.39, 0.29) is 5.60 Å². The van der Waals surface area contributed by atoms with Crippen LogP contribution in [0.15, 0.2) is 29.8 Å². The zero-order chi connectivity index (χ0) is 18.9. The molecule has 0 unspecified atom stereocenters. The highest BCUT2D eigenvalue weighted by atomic mass is 16.5. The summed E-state index contributed by atoms with van der Waals surface area (Å²) in [7, 11) is 0. The molecule has 0 N–H and O–H groups in total. The van der Waals surface area contributed by atoms with Gasteiger partial charge in [0.05, 0.1) is 0 Å². The zero-order valence-electron chi connectivity index (χ0n) is 17.8. The second kappa shape index (κ2) is 7.41. The smallest absolute Gasteiger partial charge is 0.123 e. The van der Waals surface area contributed by atoms with E-state index in [2.05, 4.69) is 65.8 Å². The summed E-state index contributed by atoms with van der Waals surface area (Å²) in [5, 5.41) is 0. The third-order valence-electron chi connectivity index (χ3n) is 6.38. The van der Waals surface area contributed by atoms with Crippen LogP contribution in [0.5, 0.6) is 5.75 Å². The van der Waals surface area contributed by atoms with Gasteiger partial charge >= 0.3 is 0 Å². The van der Waals surface area contributed by atoms with E-state index in [1.165, 1.54) is 55.2 Å². The Bertz CT molecular complexity index is 659. The first-order valence-electron chi connectivity index (χ1n) is 10.6. The lowest BCUT2D eigenvalue weighted by atomic mass is 9.67. The SMILES string of the molecule is CC1=CC[C@@H]2[C@@H](C1)c1ccc(CCCCCC(C)(C)C)cc1OC2(C)C. The van der Waals surface area contributed by atoms with Crippen LogP contribution >= 0.6 is 0 Å². The molecule has 0 saturated carbocycles. The fourth-order valence-corrected chi connectivity index (χ4v) is 4.81. The summed E-state index contributed by atoms with van der Waals surface area (Å²) in [5.74, 6) is 2.37. The van der Waals surface area contributed by atoms with Gasteiger partial charge in [0, 0.05) is 5.92 Å². The molecular formula is C25H38O. The van der Waals surface area contributed by atoms with Gasteiger partial charge in [-0.05, 0) is 81.4 Å². The van der Waals surface area contributed by atoms with Crippen molar-refractivity contribution < 1.29 is 4.74 Å². The summed E-state index contributed by atoms with van der Waals surface area (Å²) in [6.45, 7) is 13.9. The first kappa shape index (κ1) is 19.5. The van der Waals surface area contributed by atoms with Crippen LogP contribution in [0.1, 0.15) is 97.1 Å². The lowest BCUT2D eigenvalue weighted by molar-refractivity contribution is 0.00848. The molecule has 1 heteroatoms. The van der Waals surface area contributed by atoms with Gasteiger partial charge in [-0.3, -0.25) is 0 Å². The molecule has 0 saturated heterocycles. The summed E-state index contributed by atoms with van der Waals surface area (Å²) in [5.41, 5.74) is 4.82. The highest BCUT2D eigenvalue weighted by molar-refractivity contribution is 5.44. The molecule has 1 heterocycles. The Morgan fingerprint density at radius 1 is 1.12 bits per heavy atom. The Balaban J connectivity index is 1.66. The van der Waals surface area contributed by atoms with Crippen molar-refractivity contribution in [3.63, 3.8) is 0 Å². The molecule has 1 aromatic rings. The van der Waals surface area contributed by atoms with Gasteiger partial charge in [0.15, 0.2) is 0 Å². The number of unbranched alkanes of at least 4 members (excludes halogenated alkanes) is 2. The number of hydrogen-bond donors (Lipinski definition) is 0. The molecular weight excluding hydrogens is 316 g/mol. The minimum Gasteiger partial charge on any atom is -0.487 e. The zero-order valence-corrected chi connectivity index (χ0v) is 17.8. The molecule has 0 fully saturated rings. The van der Waals surface area contributed by atoms with Gasteiger partial charge in [-0.15, -0.1) is 0 Å². The van der Waals surface area contributed by atoms with Crippen LogP contribution in [0, 0.1) is 11.3 Å². The molecule has 0 amide bonds. The van der Waals surface area contributed by atoms with Crippen molar-refractivity contribution in [2.24, 2.45) is 11.3 Å². The standard InChI is InChI=1S/C25H38O/c1-18-11-14-22-21(16-18)20-13-12-19(17-23(20)26-25(22,5)6)10-8-7-9-15-24(2,3)4/h11-13,17,21-22H,7-10,14-16H2,1-6H3/t21-,22+/m0/s1. The second-order valence-corrected chi connectivity index (χ2v) is 10.4. The number of benzene rings is 1. The summed E-state index contributed by atoms with van der Waals surface area (Å²) < 4.78 is 6.51. The first-order valence-corrected chi connectivity index (χ1v) is 10.6. The van der Waals surface area contributed by atoms with E-state index in [0.717, 1.165) is 12.2 Å². The van der Waals surface area contributed by atoms with E-state index in [0.29, 0.717) is 17.3 Å². The van der Waals surface area contributed by atoms with Gasteiger partial charge in [-0.25, -0.2) is 0 Å². The fourth-order valence-electron chi connectivity index (χ4n) is 4.81. The van der Waals surface area contributed by atoms with Crippen LogP contribution in [-0.4, -0.2) is 5.60 Å². The van der Waals surface area contributed by atoms with E-state index in [4.69, 9.17) is 4.74 Å². The van der Waals surface area contributed by atoms with E-state index in [9.17, 15) is 0 Å². The van der Waals surface area contributed by atoms with E-state index >= 15 is 0 Å². The quantitative estimate of drug-likeness (QED) is 0.394. The van der Waals surface area contributed by atoms with Crippen LogP contribution in [0.25, 0.3) is 0 Å². The number of hydrogen-bond acceptors (Lipinski definition) is 1. The van der Waals surface area contributed by atoms with Crippen molar-refractivity contribution in [3.05, 3.63) is 41.0 Å². The van der Waals surface area contributed by atoms with Crippen molar-refractivity contribution in [1.29, 1.82) is 0 Å². The van der Waals surface area contributed by atoms with E-state index < -0.39 is 0 Å². The van der Waals surface area contributed by atoms with Gasteiger partial charge in [0.1, 0.15) is 11.4 Å². The summed E-state index contributed by atoms with van der Waals surface area (Å²) in [4.78, 5) is 0. The van der Waals surface area contributed by atoms with Gasteiger partial charge < -0.3 is 4.74 Å². The van der Waals surface area contributed by atoms with Crippen LogP contribution in [0.2, 0.25) is 0 Å². The van der Waals surface area contributed by atoms with Crippen LogP contribution in [0.3, 0.4) is 0 Å². The molecule has 2 aliphatic rings. The van der Waals surface area contributed by atoms with Gasteiger partial charge in [0.2, 0.25) is 0 Å². The lowest BCUT2D eigenvalue weighted by Crippen LogP contribution is -2.45. The molecule has 1 nitrogen and oxygen atoms in total. The Morgan fingerprint density at radius 3 is 2.62 bits per heavy atom. The highest BCUT2D eigenvalue weighted by Crippen LogP contribution is 2.51. The number of aryl methyl sites for hydroxylation is 1. The lowest BCUT2D eigenvalue weighted by Gasteiger charge is -2.47. The van der Waals surface area contributed by atoms with E-state index in [1.807, 2.05) is 0 Å². The average Bonchev–Trinajstić information content (AvgIpc) is 2.52. The number of ether oxygens (including phenoxy) is 1. The molecule has 0 bridgehead atoms. The van der Waals surface area contributed by atoms with Gasteiger partial charge in [-0.2, -0.15) is 0 Å². The topological polar surface area (TPSA) is 9.23 Å². The molecule has 144 valence electrons. The van der Waals surface area contributed by atoms with Crippen LogP contribution in [0.4, 0.5) is 0 Å². The minimum absolute atomic E-state index is 0.0692. The highest BCUT2D eigenvalue weighted by Gasteiger charge is 2.44. The summed E-state index contributed by atoms with van der Waals surface area (Å²) >= 11 is 0. The predicted molar refractivity (Wildman–Crippen MR) is 112 cm³/mol. The molecule has 2 atom stereocenters. The third kappa shape index (κ3) is 4.53. The molecule has 0 aromatic heterocycles. The second-order valence-electron chi connectivity index (χ2n) is 10.4. The number of fused-ring (bicyclic) bond motifs is 3. The van der Waals surface area contributed by atoms with Crippen molar-refractivity contribution in [2.45, 2.75) is 98.0 Å². The average molecular weight is 355 g/mol. The molecule has 0 radical (unpaired) electrons. The molecule has 0 spiro atoms. The van der Waals surface area contributed by atoms with Gasteiger partial charge in [-0.1, -0.05) is 57.4 Å². The Morgan fingerprint density at radius 2 is 1.88 bits per heavy atom. The van der Waals surface area contributed by atoms with Crippen molar-refractivity contribution in [1.82, 2.24) is 0 Å². The fraction of sp³-hybridized carbons (Fsp3) is 0.680. The summed E-state index contributed by atoms with van der Waals surface area (Å²) in [6.07, 6.45) is 11.2. The number of allylic oxidation sites excluding steroid dienone is 2. The van der Waals surface area contributed by atoms with Crippen molar-refractivity contribution in [3.8, 4) is 5.75 Å². The molecule has 1 aromatic carbocycles. The Kier molecular flexibility index (Phi) is 5.56.